The average molecular weight is 161 g/mol. The van der Waals surface area contributed by atoms with Crippen molar-refractivity contribution in [2.75, 3.05) is 12.4 Å². The van der Waals surface area contributed by atoms with E-state index in [-0.39, 0.29) is 0 Å². The second kappa shape index (κ2) is 9.31. The Balaban J connectivity index is 2.65. The van der Waals surface area contributed by atoms with E-state index in [1.165, 1.54) is 32.1 Å². The summed E-state index contributed by atoms with van der Waals surface area (Å²) in [6.07, 6.45) is 7.15. The quantitative estimate of drug-likeness (QED) is 0.569. The Morgan fingerprint density at radius 2 is 1.30 bits per heavy atom. The fourth-order valence-corrected chi connectivity index (χ4v) is 1.13. The summed E-state index contributed by atoms with van der Waals surface area (Å²) in [7, 11) is 0. The predicted molar refractivity (Wildman–Crippen MR) is 47.2 cm³/mol. The van der Waals surface area contributed by atoms with Crippen LogP contribution in [0.2, 0.25) is 0 Å². The Morgan fingerprint density at radius 3 is 1.80 bits per heavy atom. The highest BCUT2D eigenvalue weighted by atomic mass is 32.1. The lowest BCUT2D eigenvalue weighted by Gasteiger charge is -1.97. The maximum absolute atomic E-state index is 8.45. The average Bonchev–Trinajstić information content (AvgIpc) is 1.97. The topological polar surface area (TPSA) is 20.2 Å². The van der Waals surface area contributed by atoms with E-state index in [4.69, 9.17) is 17.7 Å². The van der Waals surface area contributed by atoms with Gasteiger partial charge in [-0.3, -0.25) is 0 Å². The van der Waals surface area contributed by atoms with Gasteiger partial charge in [-0.1, -0.05) is 38.3 Å². The molecule has 0 atom stereocenters. The molecule has 61 valence electrons. The Hall–Kier alpha value is 0.310. The van der Waals surface area contributed by atoms with E-state index in [1.54, 1.807) is 0 Å². The Kier molecular flexibility index (Phi) is 9.60. The molecular formula is C8H17OS. The van der Waals surface area contributed by atoms with E-state index in [9.17, 15) is 0 Å². The van der Waals surface area contributed by atoms with Crippen molar-refractivity contribution in [3.63, 3.8) is 0 Å². The molecule has 0 aromatic carbocycles. The smallest absolute Gasteiger partial charge is 0.0431 e. The minimum Gasteiger partial charge on any atom is -0.396 e. The van der Waals surface area contributed by atoms with E-state index < -0.39 is 0 Å². The third-order valence-electron chi connectivity index (χ3n) is 1.55. The fourth-order valence-electron chi connectivity index (χ4n) is 0.921. The highest BCUT2D eigenvalue weighted by Gasteiger charge is 1.88. The zero-order chi connectivity index (χ0) is 7.66. The normalized spacial score (nSPS) is 10.2. The van der Waals surface area contributed by atoms with Crippen LogP contribution in [0.4, 0.5) is 0 Å². The van der Waals surface area contributed by atoms with Crippen LogP contribution in [0.3, 0.4) is 0 Å². The van der Waals surface area contributed by atoms with Crippen molar-refractivity contribution >= 4 is 12.6 Å². The third-order valence-corrected chi connectivity index (χ3v) is 1.84. The molecule has 1 radical (unpaired) electrons. The van der Waals surface area contributed by atoms with Gasteiger partial charge in [-0.25, -0.2) is 0 Å². The minimum absolute atomic E-state index is 0.348. The molecule has 2 heteroatoms. The molecule has 0 bridgehead atoms. The summed E-state index contributed by atoms with van der Waals surface area (Å²) in [4.78, 5) is 0. The Bertz CT molecular complexity index is 49.2. The largest absolute Gasteiger partial charge is 0.396 e. The Labute approximate surface area is 69.2 Å². The van der Waals surface area contributed by atoms with Crippen LogP contribution in [-0.2, 0) is 0 Å². The lowest BCUT2D eigenvalue weighted by molar-refractivity contribution is 0.282. The van der Waals surface area contributed by atoms with E-state index in [0.717, 1.165) is 12.2 Å². The third kappa shape index (κ3) is 8.31. The molecule has 0 spiro atoms. The van der Waals surface area contributed by atoms with Gasteiger partial charge in [0.05, 0.1) is 0 Å². The molecule has 0 aromatic heterocycles. The summed E-state index contributed by atoms with van der Waals surface area (Å²) in [5, 5.41) is 8.45. The SMILES string of the molecule is OCCCCCCCC[S]. The van der Waals surface area contributed by atoms with Crippen LogP contribution in [0.1, 0.15) is 38.5 Å². The lowest BCUT2D eigenvalue weighted by atomic mass is 10.1. The van der Waals surface area contributed by atoms with Crippen molar-refractivity contribution in [3.8, 4) is 0 Å². The van der Waals surface area contributed by atoms with Crippen LogP contribution < -0.4 is 0 Å². The molecule has 0 amide bonds. The van der Waals surface area contributed by atoms with Crippen LogP contribution >= 0.6 is 12.6 Å². The first kappa shape index (κ1) is 10.3. The number of hydrogen-bond acceptors (Lipinski definition) is 1. The molecule has 1 nitrogen and oxygen atoms in total. The van der Waals surface area contributed by atoms with E-state index in [2.05, 4.69) is 0 Å². The van der Waals surface area contributed by atoms with Gasteiger partial charge in [0.1, 0.15) is 0 Å². The molecular weight excluding hydrogens is 144 g/mol. The van der Waals surface area contributed by atoms with Crippen molar-refractivity contribution < 1.29 is 5.11 Å². The maximum atomic E-state index is 8.45. The van der Waals surface area contributed by atoms with Crippen molar-refractivity contribution in [1.82, 2.24) is 0 Å². The summed E-state index contributed by atoms with van der Waals surface area (Å²) in [6, 6.07) is 0. The summed E-state index contributed by atoms with van der Waals surface area (Å²) >= 11 is 4.81. The molecule has 0 aliphatic rings. The van der Waals surface area contributed by atoms with E-state index in [0.29, 0.717) is 6.61 Å². The summed E-state index contributed by atoms with van der Waals surface area (Å²) in [6.45, 7) is 0.348. The van der Waals surface area contributed by atoms with Crippen LogP contribution in [0.25, 0.3) is 0 Å². The number of rotatable bonds is 7. The highest BCUT2D eigenvalue weighted by molar-refractivity contribution is 7.80. The molecule has 0 unspecified atom stereocenters. The van der Waals surface area contributed by atoms with E-state index >= 15 is 0 Å². The Morgan fingerprint density at radius 1 is 0.800 bits per heavy atom. The molecule has 0 fully saturated rings. The first-order valence-electron chi connectivity index (χ1n) is 4.10. The highest BCUT2D eigenvalue weighted by Crippen LogP contribution is 2.04. The first-order valence-corrected chi connectivity index (χ1v) is 4.68. The first-order chi connectivity index (χ1) is 4.91. The van der Waals surface area contributed by atoms with Gasteiger partial charge < -0.3 is 5.11 Å². The number of hydrogen-bond donors (Lipinski definition) is 1. The van der Waals surface area contributed by atoms with Crippen molar-refractivity contribution in [2.24, 2.45) is 0 Å². The molecule has 0 aliphatic heterocycles. The van der Waals surface area contributed by atoms with Gasteiger partial charge in [0, 0.05) is 12.4 Å². The zero-order valence-corrected chi connectivity index (χ0v) is 7.33. The van der Waals surface area contributed by atoms with Crippen molar-refractivity contribution in [1.29, 1.82) is 0 Å². The maximum Gasteiger partial charge on any atom is 0.0431 e. The molecule has 0 rings (SSSR count). The van der Waals surface area contributed by atoms with Crippen LogP contribution in [0.5, 0.6) is 0 Å². The summed E-state index contributed by atoms with van der Waals surface area (Å²) < 4.78 is 0. The fraction of sp³-hybridized carbons (Fsp3) is 1.00. The zero-order valence-electron chi connectivity index (χ0n) is 6.51. The van der Waals surface area contributed by atoms with Crippen LogP contribution in [0, 0.1) is 0 Å². The summed E-state index contributed by atoms with van der Waals surface area (Å²) in [5.74, 6) is 0.903. The van der Waals surface area contributed by atoms with Gasteiger partial charge in [-0.2, -0.15) is 0 Å². The second-order valence-corrected chi connectivity index (χ2v) is 2.96. The van der Waals surface area contributed by atoms with Gasteiger partial charge >= 0.3 is 0 Å². The molecule has 1 N–H and O–H groups in total. The van der Waals surface area contributed by atoms with Crippen molar-refractivity contribution in [2.45, 2.75) is 38.5 Å². The predicted octanol–water partition coefficient (Wildman–Crippen LogP) is 2.52. The van der Waals surface area contributed by atoms with E-state index in [1.807, 2.05) is 0 Å². The van der Waals surface area contributed by atoms with Gasteiger partial charge in [0.15, 0.2) is 0 Å². The van der Waals surface area contributed by atoms with Gasteiger partial charge in [-0.05, 0) is 12.8 Å². The van der Waals surface area contributed by atoms with Gasteiger partial charge in [-0.15, -0.1) is 0 Å². The molecule has 0 saturated heterocycles. The molecule has 10 heavy (non-hydrogen) atoms. The minimum atomic E-state index is 0.348. The summed E-state index contributed by atoms with van der Waals surface area (Å²) in [5.41, 5.74) is 0. The lowest BCUT2D eigenvalue weighted by Crippen LogP contribution is -1.83. The molecule has 0 heterocycles. The monoisotopic (exact) mass is 161 g/mol. The number of unbranched alkanes of at least 4 members (excludes halogenated alkanes) is 5. The van der Waals surface area contributed by atoms with Crippen molar-refractivity contribution in [3.05, 3.63) is 0 Å². The molecule has 0 aromatic rings. The number of aliphatic hydroxyl groups excluding tert-OH is 1. The molecule has 0 saturated carbocycles. The van der Waals surface area contributed by atoms with Crippen LogP contribution in [-0.4, -0.2) is 17.5 Å². The van der Waals surface area contributed by atoms with Crippen LogP contribution in [0.15, 0.2) is 0 Å². The second-order valence-electron chi connectivity index (χ2n) is 2.55. The van der Waals surface area contributed by atoms with Gasteiger partial charge in [0.25, 0.3) is 0 Å². The number of aliphatic hydroxyl groups is 1. The van der Waals surface area contributed by atoms with Gasteiger partial charge in [0.2, 0.25) is 0 Å². The standard InChI is InChI=1S/C8H17OS/c9-7-5-3-1-2-4-6-8-10/h9H,1-8H2. The molecule has 0 aliphatic carbocycles.